The highest BCUT2D eigenvalue weighted by atomic mass is 16.5. The second-order valence-corrected chi connectivity index (χ2v) is 7.58. The predicted octanol–water partition coefficient (Wildman–Crippen LogP) is 6.41. The maximum Gasteiger partial charge on any atom is 0.143 e. The van der Waals surface area contributed by atoms with E-state index in [-0.39, 0.29) is 12.8 Å². The average molecular weight is 449 g/mol. The molecule has 4 rings (SSSR count). The molecule has 0 bridgehead atoms. The minimum Gasteiger partial charge on any atom is -0.455 e. The quantitative estimate of drug-likeness (QED) is 0.339. The minimum atomic E-state index is 0.213. The highest BCUT2D eigenvalue weighted by molar-refractivity contribution is 5.59. The molecule has 0 spiro atoms. The van der Waals surface area contributed by atoms with E-state index >= 15 is 0 Å². The summed E-state index contributed by atoms with van der Waals surface area (Å²) in [5.74, 6) is 13.8. The first-order valence-corrected chi connectivity index (χ1v) is 11.1. The Morgan fingerprint density at radius 3 is 1.31 bits per heavy atom. The summed E-state index contributed by atoms with van der Waals surface area (Å²) in [6.07, 6.45) is 0.427. The van der Waals surface area contributed by atoms with Crippen LogP contribution in [0.25, 0.3) is 0 Å². The number of nitriles is 2. The molecular weight excluding hydrogens is 428 g/mol. The molecule has 0 aromatic heterocycles. The number of hydrogen-bond donors (Lipinski definition) is 0. The van der Waals surface area contributed by atoms with Crippen LogP contribution in [0.3, 0.4) is 0 Å². The Hall–Kier alpha value is -5.22. The van der Waals surface area contributed by atoms with Crippen LogP contribution in [0.5, 0.6) is 11.5 Å². The third-order valence-corrected chi connectivity index (χ3v) is 5.20. The summed E-state index contributed by atoms with van der Waals surface area (Å²) >= 11 is 0. The van der Waals surface area contributed by atoms with Crippen molar-refractivity contribution in [3.05, 3.63) is 130 Å². The molecule has 164 valence electrons. The molecule has 0 atom stereocenters. The van der Waals surface area contributed by atoms with Gasteiger partial charge in [0, 0.05) is 11.1 Å². The van der Waals surface area contributed by atoms with Crippen molar-refractivity contribution in [1.82, 2.24) is 0 Å². The highest BCUT2D eigenvalue weighted by Crippen LogP contribution is 2.31. The lowest BCUT2D eigenvalue weighted by atomic mass is 10.0. The third-order valence-electron chi connectivity index (χ3n) is 5.20. The van der Waals surface area contributed by atoms with E-state index in [0.29, 0.717) is 22.6 Å². The number of hydrogen-bond acceptors (Lipinski definition) is 3. The van der Waals surface area contributed by atoms with Gasteiger partial charge in [-0.05, 0) is 47.5 Å². The van der Waals surface area contributed by atoms with Crippen LogP contribution >= 0.6 is 0 Å². The normalized spacial score (nSPS) is 9.43. The summed E-state index contributed by atoms with van der Waals surface area (Å²) in [7, 11) is 0. The first-order valence-electron chi connectivity index (χ1n) is 11.1. The zero-order chi connectivity index (χ0) is 24.3. The summed E-state index contributed by atoms with van der Waals surface area (Å²) < 4.78 is 6.37. The Bertz CT molecular complexity index is 1420. The minimum absolute atomic E-state index is 0.213. The molecule has 0 N–H and O–H groups in total. The maximum atomic E-state index is 9.34. The van der Waals surface area contributed by atoms with Crippen molar-refractivity contribution in [1.29, 1.82) is 10.5 Å². The van der Waals surface area contributed by atoms with Gasteiger partial charge in [0.15, 0.2) is 0 Å². The van der Waals surface area contributed by atoms with Gasteiger partial charge in [-0.1, -0.05) is 84.3 Å². The Labute approximate surface area is 205 Å². The fourth-order valence-electron chi connectivity index (χ4n) is 3.50. The van der Waals surface area contributed by atoms with E-state index in [0.717, 1.165) is 22.3 Å². The molecule has 4 aromatic rings. The van der Waals surface area contributed by atoms with Crippen molar-refractivity contribution >= 4 is 0 Å². The number of nitrogens with zero attached hydrogens (tertiary/aromatic N) is 2. The van der Waals surface area contributed by atoms with Gasteiger partial charge in [0.1, 0.15) is 11.5 Å². The van der Waals surface area contributed by atoms with E-state index in [9.17, 15) is 10.5 Å². The van der Waals surface area contributed by atoms with Crippen LogP contribution in [0.15, 0.2) is 97.1 Å². The highest BCUT2D eigenvalue weighted by Gasteiger charge is 2.13. The van der Waals surface area contributed by atoms with E-state index < -0.39 is 0 Å². The van der Waals surface area contributed by atoms with Crippen LogP contribution in [-0.4, -0.2) is 0 Å². The number of benzene rings is 4. The molecule has 3 nitrogen and oxygen atoms in total. The zero-order valence-electron chi connectivity index (χ0n) is 19.0. The topological polar surface area (TPSA) is 56.8 Å². The number of ether oxygens (including phenoxy) is 1. The molecule has 0 aliphatic rings. The van der Waals surface area contributed by atoms with Gasteiger partial charge in [-0.3, -0.25) is 0 Å². The molecule has 0 heterocycles. The van der Waals surface area contributed by atoms with Crippen molar-refractivity contribution in [2.75, 3.05) is 0 Å². The molecule has 0 radical (unpaired) electrons. The van der Waals surface area contributed by atoms with Gasteiger partial charge in [-0.25, -0.2) is 0 Å². The Kier molecular flexibility index (Phi) is 7.60. The van der Waals surface area contributed by atoms with Gasteiger partial charge in [0.25, 0.3) is 0 Å². The molecule has 35 heavy (non-hydrogen) atoms. The lowest BCUT2D eigenvalue weighted by molar-refractivity contribution is 0.478. The van der Waals surface area contributed by atoms with Crippen LogP contribution < -0.4 is 4.74 Å². The van der Waals surface area contributed by atoms with Crippen LogP contribution in [0.1, 0.15) is 33.4 Å². The lowest BCUT2D eigenvalue weighted by Crippen LogP contribution is -1.98. The molecule has 3 heteroatoms. The first-order chi connectivity index (χ1) is 17.3. The summed E-state index contributed by atoms with van der Waals surface area (Å²) in [5, 5.41) is 18.7. The fourth-order valence-corrected chi connectivity index (χ4v) is 3.50. The maximum absolute atomic E-state index is 9.34. The molecule has 0 saturated heterocycles. The van der Waals surface area contributed by atoms with Crippen molar-refractivity contribution in [2.24, 2.45) is 0 Å². The lowest BCUT2D eigenvalue weighted by Gasteiger charge is -2.13. The van der Waals surface area contributed by atoms with E-state index in [1.54, 1.807) is 0 Å². The largest absolute Gasteiger partial charge is 0.455 e. The molecule has 0 amide bonds. The van der Waals surface area contributed by atoms with Crippen LogP contribution in [0.2, 0.25) is 0 Å². The summed E-state index contributed by atoms with van der Waals surface area (Å²) in [6.45, 7) is 0. The Morgan fingerprint density at radius 1 is 0.486 bits per heavy atom. The number of rotatable bonds is 4. The molecule has 0 saturated carbocycles. The summed E-state index contributed by atoms with van der Waals surface area (Å²) in [6, 6.07) is 34.9. The summed E-state index contributed by atoms with van der Waals surface area (Å²) in [5.41, 5.74) is 4.64. The predicted molar refractivity (Wildman–Crippen MR) is 136 cm³/mol. The van der Waals surface area contributed by atoms with Gasteiger partial charge in [0.2, 0.25) is 0 Å². The molecule has 0 aliphatic heterocycles. The van der Waals surface area contributed by atoms with Gasteiger partial charge < -0.3 is 4.74 Å². The average Bonchev–Trinajstić information content (AvgIpc) is 2.89. The van der Waals surface area contributed by atoms with Gasteiger partial charge >= 0.3 is 0 Å². The smallest absolute Gasteiger partial charge is 0.143 e. The van der Waals surface area contributed by atoms with Crippen LogP contribution in [-0.2, 0) is 12.8 Å². The van der Waals surface area contributed by atoms with Gasteiger partial charge in [-0.15, -0.1) is 0 Å². The van der Waals surface area contributed by atoms with Crippen molar-refractivity contribution in [3.8, 4) is 47.3 Å². The van der Waals surface area contributed by atoms with E-state index in [4.69, 9.17) is 4.74 Å². The van der Waals surface area contributed by atoms with Gasteiger partial charge in [0.05, 0.1) is 36.1 Å². The van der Waals surface area contributed by atoms with Crippen LogP contribution in [0.4, 0.5) is 0 Å². The fraction of sp³-hybridized carbons (Fsp3) is 0.0625. The Balaban J connectivity index is 1.79. The third kappa shape index (κ3) is 5.97. The van der Waals surface area contributed by atoms with Crippen molar-refractivity contribution in [2.45, 2.75) is 12.8 Å². The second kappa shape index (κ2) is 11.6. The standard InChI is InChI=1S/C32H20N2O/c33-23-21-27-13-7-15-31(29(27)19-17-25-9-3-1-4-10-25)35-32-16-8-14-28(22-24-34)30(32)20-18-26-11-5-2-6-12-26/h1-16H,21-22H2. The summed E-state index contributed by atoms with van der Waals surface area (Å²) in [4.78, 5) is 0. The van der Waals surface area contributed by atoms with Crippen LogP contribution in [0, 0.1) is 46.3 Å². The molecule has 0 aliphatic carbocycles. The molecule has 0 fully saturated rings. The second-order valence-electron chi connectivity index (χ2n) is 7.58. The monoisotopic (exact) mass is 448 g/mol. The molecule has 0 unspecified atom stereocenters. The van der Waals surface area contributed by atoms with Gasteiger partial charge in [-0.2, -0.15) is 10.5 Å². The van der Waals surface area contributed by atoms with E-state index in [1.807, 2.05) is 97.1 Å². The van der Waals surface area contributed by atoms with E-state index in [1.165, 1.54) is 0 Å². The zero-order valence-corrected chi connectivity index (χ0v) is 19.0. The molecular formula is C32H20N2O. The Morgan fingerprint density at radius 2 is 0.914 bits per heavy atom. The van der Waals surface area contributed by atoms with E-state index in [2.05, 4.69) is 35.8 Å². The van der Waals surface area contributed by atoms with Crippen molar-refractivity contribution < 1.29 is 4.74 Å². The molecule has 4 aromatic carbocycles. The SMILES string of the molecule is N#CCc1cccc(Oc2cccc(CC#N)c2C#Cc2ccccc2)c1C#Cc1ccccc1. The van der Waals surface area contributed by atoms with Crippen molar-refractivity contribution in [3.63, 3.8) is 0 Å². The first kappa shape index (κ1) is 23.0.